The van der Waals surface area contributed by atoms with Crippen LogP contribution in [0.3, 0.4) is 0 Å². The summed E-state index contributed by atoms with van der Waals surface area (Å²) in [5.41, 5.74) is 0.615. The molecule has 1 aliphatic carbocycles. The molecule has 2 atom stereocenters. The van der Waals surface area contributed by atoms with Crippen molar-refractivity contribution in [3.8, 4) is 0 Å². The fourth-order valence-corrected chi connectivity index (χ4v) is 2.93. The van der Waals surface area contributed by atoms with Gasteiger partial charge in [-0.25, -0.2) is 4.39 Å². The van der Waals surface area contributed by atoms with Gasteiger partial charge in [0.25, 0.3) is 0 Å². The molecule has 0 bridgehead atoms. The maximum atomic E-state index is 13.8. The molecule has 17 heavy (non-hydrogen) atoms. The van der Waals surface area contributed by atoms with Gasteiger partial charge in [-0.1, -0.05) is 18.2 Å². The van der Waals surface area contributed by atoms with E-state index in [9.17, 15) is 4.39 Å². The normalized spacial score (nSPS) is 31.2. The molecule has 2 nitrogen and oxygen atoms in total. The molecule has 0 N–H and O–H groups in total. The van der Waals surface area contributed by atoms with Crippen LogP contribution in [-0.2, 0) is 9.47 Å². The lowest BCUT2D eigenvalue weighted by molar-refractivity contribution is -0.168. The molecule has 1 aromatic rings. The van der Waals surface area contributed by atoms with Gasteiger partial charge in [-0.05, 0) is 25.8 Å². The predicted octanol–water partition coefficient (Wildman–Crippen LogP) is 3.57. The van der Waals surface area contributed by atoms with Gasteiger partial charge in [0.15, 0.2) is 5.79 Å². The van der Waals surface area contributed by atoms with E-state index in [2.05, 4.69) is 0 Å². The Morgan fingerprint density at radius 1 is 1.18 bits per heavy atom. The maximum absolute atomic E-state index is 13.8. The fourth-order valence-electron chi connectivity index (χ4n) is 2.93. The summed E-state index contributed by atoms with van der Waals surface area (Å²) in [4.78, 5) is 0. The van der Waals surface area contributed by atoms with E-state index in [1.807, 2.05) is 13.0 Å². The van der Waals surface area contributed by atoms with Crippen LogP contribution in [0.2, 0.25) is 0 Å². The number of hydrogen-bond donors (Lipinski definition) is 0. The highest BCUT2D eigenvalue weighted by atomic mass is 19.1. The quantitative estimate of drug-likeness (QED) is 0.742. The predicted molar refractivity (Wildman–Crippen MR) is 62.0 cm³/mol. The van der Waals surface area contributed by atoms with Crippen molar-refractivity contribution < 1.29 is 13.9 Å². The minimum Gasteiger partial charge on any atom is -0.344 e. The molecule has 1 aromatic carbocycles. The molecule has 92 valence electrons. The molecule has 1 spiro atoms. The molecule has 1 saturated carbocycles. The number of benzene rings is 1. The van der Waals surface area contributed by atoms with Gasteiger partial charge in [-0.15, -0.1) is 0 Å². The summed E-state index contributed by atoms with van der Waals surface area (Å²) in [6.45, 7) is 1.96. The summed E-state index contributed by atoms with van der Waals surface area (Å²) in [5, 5.41) is 0. The van der Waals surface area contributed by atoms with Crippen LogP contribution in [0.25, 0.3) is 0 Å². The van der Waals surface area contributed by atoms with E-state index in [4.69, 9.17) is 9.47 Å². The average Bonchev–Trinajstić information content (AvgIpc) is 2.88. The highest BCUT2D eigenvalue weighted by Gasteiger charge is 2.48. The fraction of sp³-hybridized carbons (Fsp3) is 0.571. The first-order valence-electron chi connectivity index (χ1n) is 6.30. The number of halogens is 1. The lowest BCUT2D eigenvalue weighted by atomic mass is 10.1. The topological polar surface area (TPSA) is 18.5 Å². The summed E-state index contributed by atoms with van der Waals surface area (Å²) < 4.78 is 25.7. The molecule has 3 heteroatoms. The zero-order valence-electron chi connectivity index (χ0n) is 9.99. The molecule has 3 rings (SSSR count). The zero-order chi connectivity index (χ0) is 11.9. The van der Waals surface area contributed by atoms with E-state index in [1.165, 1.54) is 6.07 Å². The third-order valence-corrected chi connectivity index (χ3v) is 3.75. The van der Waals surface area contributed by atoms with Crippen molar-refractivity contribution in [1.82, 2.24) is 0 Å². The van der Waals surface area contributed by atoms with Gasteiger partial charge in [-0.2, -0.15) is 0 Å². The molecule has 1 saturated heterocycles. The van der Waals surface area contributed by atoms with E-state index < -0.39 is 5.79 Å². The smallest absolute Gasteiger partial charge is 0.169 e. The monoisotopic (exact) mass is 236 g/mol. The van der Waals surface area contributed by atoms with Crippen LogP contribution >= 0.6 is 0 Å². The lowest BCUT2D eigenvalue weighted by Gasteiger charge is -2.22. The first-order valence-corrected chi connectivity index (χ1v) is 6.30. The maximum Gasteiger partial charge on any atom is 0.169 e. The molecule has 0 unspecified atom stereocenters. The molecule has 2 aliphatic rings. The van der Waals surface area contributed by atoms with E-state index >= 15 is 0 Å². The highest BCUT2D eigenvalue weighted by Crippen LogP contribution is 2.47. The van der Waals surface area contributed by atoms with E-state index in [0.717, 1.165) is 25.7 Å². The van der Waals surface area contributed by atoms with Crippen LogP contribution in [0.5, 0.6) is 0 Å². The van der Waals surface area contributed by atoms with Gasteiger partial charge in [0.2, 0.25) is 0 Å². The number of rotatable bonds is 1. The Morgan fingerprint density at radius 2 is 1.88 bits per heavy atom. The van der Waals surface area contributed by atoms with Crippen molar-refractivity contribution in [2.45, 2.75) is 50.6 Å². The molecule has 1 heterocycles. The van der Waals surface area contributed by atoms with Crippen molar-refractivity contribution in [3.05, 3.63) is 35.6 Å². The van der Waals surface area contributed by atoms with E-state index in [1.54, 1.807) is 12.1 Å². The van der Waals surface area contributed by atoms with Crippen molar-refractivity contribution in [2.24, 2.45) is 0 Å². The number of hydrogen-bond acceptors (Lipinski definition) is 2. The van der Waals surface area contributed by atoms with Gasteiger partial charge in [0.1, 0.15) is 11.9 Å². The Morgan fingerprint density at radius 3 is 2.59 bits per heavy atom. The summed E-state index contributed by atoms with van der Waals surface area (Å²) in [6.07, 6.45) is 3.79. The highest BCUT2D eigenvalue weighted by molar-refractivity contribution is 5.22. The summed E-state index contributed by atoms with van der Waals surface area (Å²) in [5.74, 6) is -0.644. The molecular weight excluding hydrogens is 219 g/mol. The van der Waals surface area contributed by atoms with Gasteiger partial charge in [0.05, 0.1) is 6.10 Å². The second-order valence-corrected chi connectivity index (χ2v) is 5.00. The lowest BCUT2D eigenvalue weighted by Crippen LogP contribution is -2.26. The first kappa shape index (κ1) is 11.2. The van der Waals surface area contributed by atoms with Gasteiger partial charge >= 0.3 is 0 Å². The van der Waals surface area contributed by atoms with Crippen LogP contribution in [0.15, 0.2) is 24.3 Å². The third-order valence-electron chi connectivity index (χ3n) is 3.75. The van der Waals surface area contributed by atoms with Crippen molar-refractivity contribution in [2.75, 3.05) is 0 Å². The van der Waals surface area contributed by atoms with E-state index in [-0.39, 0.29) is 18.0 Å². The Kier molecular flexibility index (Phi) is 2.68. The summed E-state index contributed by atoms with van der Waals surface area (Å²) in [6, 6.07) is 6.80. The van der Waals surface area contributed by atoms with Crippen LogP contribution in [0.1, 0.15) is 44.3 Å². The molecular formula is C14H17FO2. The molecule has 1 aliphatic heterocycles. The summed E-state index contributed by atoms with van der Waals surface area (Å²) in [7, 11) is 0. The summed E-state index contributed by atoms with van der Waals surface area (Å²) >= 11 is 0. The SMILES string of the molecule is C[C@H]1OC2(CCCC2)O[C@@H]1c1ccccc1F. The largest absolute Gasteiger partial charge is 0.344 e. The second-order valence-electron chi connectivity index (χ2n) is 5.00. The van der Waals surface area contributed by atoms with Gasteiger partial charge in [0, 0.05) is 18.4 Å². The third kappa shape index (κ3) is 1.87. The van der Waals surface area contributed by atoms with Crippen LogP contribution in [0.4, 0.5) is 4.39 Å². The Bertz CT molecular complexity index is 412. The standard InChI is InChI=1S/C14H17FO2/c1-10-13(11-6-2-3-7-12(11)15)17-14(16-10)8-4-5-9-14/h2-3,6-7,10,13H,4-5,8-9H2,1H3/t10-,13+/m1/s1. The minimum absolute atomic E-state index is 0.0787. The van der Waals surface area contributed by atoms with Crippen LogP contribution in [-0.4, -0.2) is 11.9 Å². The van der Waals surface area contributed by atoms with Gasteiger partial charge < -0.3 is 9.47 Å². The Balaban J connectivity index is 1.87. The minimum atomic E-state index is -0.438. The molecule has 0 radical (unpaired) electrons. The average molecular weight is 236 g/mol. The van der Waals surface area contributed by atoms with Crippen molar-refractivity contribution >= 4 is 0 Å². The second kappa shape index (κ2) is 4.07. The Hall–Kier alpha value is -0.930. The molecule has 2 fully saturated rings. The first-order chi connectivity index (χ1) is 8.20. The zero-order valence-corrected chi connectivity index (χ0v) is 9.99. The van der Waals surface area contributed by atoms with E-state index in [0.29, 0.717) is 5.56 Å². The van der Waals surface area contributed by atoms with Crippen LogP contribution in [0, 0.1) is 5.82 Å². The van der Waals surface area contributed by atoms with Crippen molar-refractivity contribution in [3.63, 3.8) is 0 Å². The Labute approximate surface area is 101 Å². The number of ether oxygens (including phenoxy) is 2. The van der Waals surface area contributed by atoms with Gasteiger partial charge in [-0.3, -0.25) is 0 Å². The van der Waals surface area contributed by atoms with Crippen LogP contribution < -0.4 is 0 Å². The van der Waals surface area contributed by atoms with Crippen molar-refractivity contribution in [1.29, 1.82) is 0 Å². The molecule has 0 aromatic heterocycles. The molecule has 0 amide bonds.